The molecular formula is C28H29N7O2S. The van der Waals surface area contributed by atoms with Gasteiger partial charge in [0, 0.05) is 54.8 Å². The molecule has 0 atom stereocenters. The number of urea groups is 1. The summed E-state index contributed by atoms with van der Waals surface area (Å²) in [6.07, 6.45) is 10.7. The summed E-state index contributed by atoms with van der Waals surface area (Å²) in [6, 6.07) is 9.59. The van der Waals surface area contributed by atoms with Crippen molar-refractivity contribution in [3.63, 3.8) is 0 Å². The van der Waals surface area contributed by atoms with Crippen molar-refractivity contribution in [2.75, 3.05) is 29.9 Å². The first-order valence-electron chi connectivity index (χ1n) is 13.0. The minimum absolute atomic E-state index is 0.147. The van der Waals surface area contributed by atoms with Gasteiger partial charge in [0.15, 0.2) is 5.13 Å². The van der Waals surface area contributed by atoms with Gasteiger partial charge in [0.25, 0.3) is 0 Å². The molecule has 6 rings (SSSR count). The Kier molecular flexibility index (Phi) is 6.49. The standard InChI is InChI=1S/C28H29N7O2S/c1-2-29-26(37)34-27-33-23-14-18(13-21(24(23)38-27)22-5-3-4-10-30-22)19-15-31-25(32-16-19)35-11-8-28(17-36,9-12-35)20-6-7-20/h3-5,10,13-17,20H,2,6-9,11-12H2,1H3,(H2,29,33,34,37). The Morgan fingerprint density at radius 1 is 1.13 bits per heavy atom. The fraction of sp³-hybridized carbons (Fsp3) is 0.357. The van der Waals surface area contributed by atoms with Crippen LogP contribution in [-0.4, -0.2) is 51.9 Å². The van der Waals surface area contributed by atoms with Gasteiger partial charge in [-0.05, 0) is 68.4 Å². The molecule has 2 amide bonds. The number of rotatable bonds is 7. The van der Waals surface area contributed by atoms with E-state index in [0.29, 0.717) is 23.5 Å². The van der Waals surface area contributed by atoms with Crippen LogP contribution in [-0.2, 0) is 4.79 Å². The van der Waals surface area contributed by atoms with Crippen molar-refractivity contribution in [3.8, 4) is 22.4 Å². The lowest BCUT2D eigenvalue weighted by molar-refractivity contribution is -0.118. The van der Waals surface area contributed by atoms with Gasteiger partial charge in [-0.15, -0.1) is 0 Å². The lowest BCUT2D eigenvalue weighted by atomic mass is 9.75. The predicted octanol–water partition coefficient (Wildman–Crippen LogP) is 5.15. The number of aldehydes is 1. The van der Waals surface area contributed by atoms with E-state index in [4.69, 9.17) is 0 Å². The number of piperidine rings is 1. The number of thiazole rings is 1. The van der Waals surface area contributed by atoms with Crippen LogP contribution in [0.25, 0.3) is 32.6 Å². The molecule has 0 bridgehead atoms. The fourth-order valence-electron chi connectivity index (χ4n) is 5.30. The third-order valence-electron chi connectivity index (χ3n) is 7.56. The maximum Gasteiger partial charge on any atom is 0.321 e. The van der Waals surface area contributed by atoms with Crippen LogP contribution in [0.15, 0.2) is 48.9 Å². The normalized spacial score (nSPS) is 16.8. The summed E-state index contributed by atoms with van der Waals surface area (Å²) in [4.78, 5) is 44.7. The van der Waals surface area contributed by atoms with Gasteiger partial charge in [0.05, 0.1) is 15.9 Å². The number of benzene rings is 1. The van der Waals surface area contributed by atoms with Crippen LogP contribution >= 0.6 is 11.3 Å². The zero-order valence-electron chi connectivity index (χ0n) is 21.2. The highest BCUT2D eigenvalue weighted by atomic mass is 32.1. The van der Waals surface area contributed by atoms with Crippen molar-refractivity contribution in [1.29, 1.82) is 0 Å². The molecule has 1 saturated carbocycles. The second-order valence-electron chi connectivity index (χ2n) is 9.97. The number of carbonyl (C=O) groups excluding carboxylic acids is 2. The van der Waals surface area contributed by atoms with Crippen LogP contribution in [0.2, 0.25) is 0 Å². The first kappa shape index (κ1) is 24.4. The van der Waals surface area contributed by atoms with Gasteiger partial charge < -0.3 is 15.0 Å². The van der Waals surface area contributed by atoms with Gasteiger partial charge in [-0.2, -0.15) is 0 Å². The number of aromatic nitrogens is 4. The Bertz CT molecular complexity index is 1460. The Morgan fingerprint density at radius 2 is 1.92 bits per heavy atom. The largest absolute Gasteiger partial charge is 0.341 e. The SMILES string of the molecule is CCNC(=O)Nc1nc2cc(-c3cnc(N4CCC(C=O)(C5CC5)CC4)nc3)cc(-c3ccccn3)c2s1. The first-order chi connectivity index (χ1) is 18.6. The molecule has 4 heterocycles. The number of pyridine rings is 1. The van der Waals surface area contributed by atoms with Crippen molar-refractivity contribution in [2.45, 2.75) is 32.6 Å². The van der Waals surface area contributed by atoms with Gasteiger partial charge in [0.1, 0.15) is 6.29 Å². The van der Waals surface area contributed by atoms with Crippen LogP contribution in [0.3, 0.4) is 0 Å². The average molecular weight is 528 g/mol. The second kappa shape index (κ2) is 10.1. The molecule has 3 aromatic heterocycles. The molecule has 1 aromatic carbocycles. The Balaban J connectivity index is 1.29. The van der Waals surface area contributed by atoms with Gasteiger partial charge >= 0.3 is 6.03 Å². The van der Waals surface area contributed by atoms with E-state index >= 15 is 0 Å². The average Bonchev–Trinajstić information content (AvgIpc) is 3.74. The van der Waals surface area contributed by atoms with Crippen molar-refractivity contribution in [3.05, 3.63) is 48.9 Å². The van der Waals surface area contributed by atoms with Crippen LogP contribution in [0.1, 0.15) is 32.6 Å². The Hall–Kier alpha value is -3.92. The smallest absolute Gasteiger partial charge is 0.321 e. The number of hydrogen-bond donors (Lipinski definition) is 2. The van der Waals surface area contributed by atoms with Gasteiger partial charge in [0.2, 0.25) is 5.95 Å². The molecule has 4 aromatic rings. The molecule has 1 aliphatic carbocycles. The van der Waals surface area contributed by atoms with E-state index in [-0.39, 0.29) is 11.4 Å². The van der Waals surface area contributed by atoms with E-state index in [9.17, 15) is 9.59 Å². The summed E-state index contributed by atoms with van der Waals surface area (Å²) >= 11 is 1.42. The Morgan fingerprint density at radius 3 is 2.58 bits per heavy atom. The van der Waals surface area contributed by atoms with E-state index in [1.165, 1.54) is 30.5 Å². The molecule has 1 saturated heterocycles. The van der Waals surface area contributed by atoms with E-state index < -0.39 is 0 Å². The molecule has 2 aliphatic rings. The zero-order chi connectivity index (χ0) is 26.1. The molecule has 1 aliphatic heterocycles. The summed E-state index contributed by atoms with van der Waals surface area (Å²) in [7, 11) is 0. The topological polar surface area (TPSA) is 113 Å². The third kappa shape index (κ3) is 4.71. The molecule has 2 N–H and O–H groups in total. The van der Waals surface area contributed by atoms with Gasteiger partial charge in [-0.25, -0.2) is 19.7 Å². The van der Waals surface area contributed by atoms with E-state index in [1.54, 1.807) is 6.20 Å². The van der Waals surface area contributed by atoms with Crippen LogP contribution < -0.4 is 15.5 Å². The number of amides is 2. The highest BCUT2D eigenvalue weighted by Gasteiger charge is 2.47. The van der Waals surface area contributed by atoms with E-state index in [0.717, 1.165) is 58.5 Å². The number of nitrogens with one attached hydrogen (secondary N) is 2. The van der Waals surface area contributed by atoms with E-state index in [2.05, 4.69) is 41.5 Å². The summed E-state index contributed by atoms with van der Waals surface area (Å²) in [5.41, 5.74) is 4.18. The van der Waals surface area contributed by atoms with Gasteiger partial charge in [-0.3, -0.25) is 10.3 Å². The lowest BCUT2D eigenvalue weighted by Gasteiger charge is -2.38. The molecule has 38 heavy (non-hydrogen) atoms. The molecule has 2 fully saturated rings. The molecule has 10 heteroatoms. The van der Waals surface area contributed by atoms with Crippen molar-refractivity contribution < 1.29 is 9.59 Å². The third-order valence-corrected chi connectivity index (χ3v) is 8.58. The monoisotopic (exact) mass is 527 g/mol. The Labute approximate surface area is 224 Å². The summed E-state index contributed by atoms with van der Waals surface area (Å²) in [6.45, 7) is 4.00. The van der Waals surface area contributed by atoms with Crippen molar-refractivity contribution >= 4 is 45.0 Å². The molecule has 194 valence electrons. The molecule has 0 radical (unpaired) electrons. The quantitative estimate of drug-likeness (QED) is 0.320. The first-order valence-corrected chi connectivity index (χ1v) is 13.8. The minimum Gasteiger partial charge on any atom is -0.341 e. The van der Waals surface area contributed by atoms with Crippen LogP contribution in [0.4, 0.5) is 15.9 Å². The maximum absolute atomic E-state index is 12.1. The predicted molar refractivity (Wildman–Crippen MR) is 149 cm³/mol. The molecule has 0 unspecified atom stereocenters. The number of fused-ring (bicyclic) bond motifs is 1. The van der Waals surface area contributed by atoms with Crippen molar-refractivity contribution in [1.82, 2.24) is 25.3 Å². The second-order valence-corrected chi connectivity index (χ2v) is 11.0. The summed E-state index contributed by atoms with van der Waals surface area (Å²) in [5.74, 6) is 1.26. The zero-order valence-corrected chi connectivity index (χ0v) is 22.0. The number of nitrogens with zero attached hydrogens (tertiary/aromatic N) is 5. The molecule has 0 spiro atoms. The number of hydrogen-bond acceptors (Lipinski definition) is 8. The van der Waals surface area contributed by atoms with E-state index in [1.807, 2.05) is 43.6 Å². The minimum atomic E-state index is -0.282. The lowest BCUT2D eigenvalue weighted by Crippen LogP contribution is -2.42. The highest BCUT2D eigenvalue weighted by molar-refractivity contribution is 7.22. The van der Waals surface area contributed by atoms with Crippen molar-refractivity contribution in [2.24, 2.45) is 11.3 Å². The summed E-state index contributed by atoms with van der Waals surface area (Å²) in [5, 5.41) is 6.08. The summed E-state index contributed by atoms with van der Waals surface area (Å²) < 4.78 is 0.944. The van der Waals surface area contributed by atoms with Gasteiger partial charge in [-0.1, -0.05) is 17.4 Å². The number of carbonyl (C=O) groups is 2. The van der Waals surface area contributed by atoms with Crippen LogP contribution in [0.5, 0.6) is 0 Å². The van der Waals surface area contributed by atoms with Crippen LogP contribution in [0, 0.1) is 11.3 Å². The fourth-order valence-corrected chi connectivity index (χ4v) is 6.27. The molecular weight excluding hydrogens is 498 g/mol. The highest BCUT2D eigenvalue weighted by Crippen LogP contribution is 2.50. The number of anilines is 2. The molecule has 9 nitrogen and oxygen atoms in total. The maximum atomic E-state index is 12.1.